The minimum absolute atomic E-state index is 0.121. The Bertz CT molecular complexity index is 756. The maximum Gasteiger partial charge on any atom is 0.317 e. The van der Waals surface area contributed by atoms with E-state index in [4.69, 9.17) is 10.00 Å². The van der Waals surface area contributed by atoms with Gasteiger partial charge in [0.2, 0.25) is 0 Å². The molecule has 0 bridgehead atoms. The number of thioether (sulfide) groups is 1. The Morgan fingerprint density at radius 3 is 2.54 bits per heavy atom. The van der Waals surface area contributed by atoms with Gasteiger partial charge in [0.25, 0.3) is 5.91 Å². The molecule has 2 aromatic carbocycles. The SMILES string of the molecule is C[C@@H](OC(=O)CSc1ccccc1)C(=O)Nc1ccccc1C#N. The largest absolute Gasteiger partial charge is 0.452 e. The van der Waals surface area contributed by atoms with Gasteiger partial charge in [0.05, 0.1) is 17.0 Å². The number of carbonyl (C=O) groups excluding carboxylic acids is 2. The summed E-state index contributed by atoms with van der Waals surface area (Å²) in [5.41, 5.74) is 0.746. The van der Waals surface area contributed by atoms with Crippen LogP contribution in [0, 0.1) is 11.3 Å². The monoisotopic (exact) mass is 340 g/mol. The highest BCUT2D eigenvalue weighted by molar-refractivity contribution is 8.00. The van der Waals surface area contributed by atoms with Gasteiger partial charge in [0.15, 0.2) is 6.10 Å². The van der Waals surface area contributed by atoms with Crippen molar-refractivity contribution in [2.45, 2.75) is 17.9 Å². The van der Waals surface area contributed by atoms with Crippen molar-refractivity contribution in [2.75, 3.05) is 11.1 Å². The molecule has 0 saturated heterocycles. The van der Waals surface area contributed by atoms with Gasteiger partial charge in [0.1, 0.15) is 6.07 Å². The van der Waals surface area contributed by atoms with Crippen molar-refractivity contribution in [1.82, 2.24) is 0 Å². The van der Waals surface area contributed by atoms with Crippen molar-refractivity contribution < 1.29 is 14.3 Å². The molecule has 0 aliphatic heterocycles. The van der Waals surface area contributed by atoms with Crippen molar-refractivity contribution in [1.29, 1.82) is 5.26 Å². The first kappa shape index (κ1) is 17.6. The minimum Gasteiger partial charge on any atom is -0.452 e. The highest BCUT2D eigenvalue weighted by atomic mass is 32.2. The molecule has 24 heavy (non-hydrogen) atoms. The molecule has 1 amide bonds. The number of carbonyl (C=O) groups is 2. The van der Waals surface area contributed by atoms with Crippen LogP contribution < -0.4 is 5.32 Å². The number of hydrogen-bond acceptors (Lipinski definition) is 5. The number of para-hydroxylation sites is 1. The van der Waals surface area contributed by atoms with E-state index >= 15 is 0 Å². The second-order valence-electron chi connectivity index (χ2n) is 4.88. The molecule has 0 heterocycles. The number of amides is 1. The zero-order valence-electron chi connectivity index (χ0n) is 13.1. The third-order valence-corrected chi connectivity index (χ3v) is 4.07. The van der Waals surface area contributed by atoms with Crippen LogP contribution in [0.25, 0.3) is 0 Å². The number of nitrogens with zero attached hydrogens (tertiary/aromatic N) is 1. The van der Waals surface area contributed by atoms with Crippen LogP contribution in [-0.2, 0) is 14.3 Å². The van der Waals surface area contributed by atoms with Crippen molar-refractivity contribution in [3.8, 4) is 6.07 Å². The van der Waals surface area contributed by atoms with Crippen LogP contribution in [0.4, 0.5) is 5.69 Å². The molecule has 0 radical (unpaired) electrons. The third kappa shape index (κ3) is 5.14. The molecular weight excluding hydrogens is 324 g/mol. The highest BCUT2D eigenvalue weighted by Crippen LogP contribution is 2.18. The first-order chi connectivity index (χ1) is 11.6. The lowest BCUT2D eigenvalue weighted by atomic mass is 10.2. The van der Waals surface area contributed by atoms with Gasteiger partial charge in [0, 0.05) is 4.90 Å². The van der Waals surface area contributed by atoms with E-state index in [2.05, 4.69) is 5.32 Å². The number of hydrogen-bond donors (Lipinski definition) is 1. The molecule has 0 aromatic heterocycles. The van der Waals surface area contributed by atoms with E-state index in [0.717, 1.165) is 4.90 Å². The standard InChI is InChI=1S/C18H16N2O3S/c1-13(18(22)20-16-10-6-5-7-14(16)11-19)23-17(21)12-24-15-8-3-2-4-9-15/h2-10,13H,12H2,1H3,(H,20,22)/t13-/m1/s1. The van der Waals surface area contributed by atoms with Crippen LogP contribution in [-0.4, -0.2) is 23.7 Å². The smallest absolute Gasteiger partial charge is 0.317 e. The Morgan fingerprint density at radius 1 is 1.17 bits per heavy atom. The molecule has 1 N–H and O–H groups in total. The minimum atomic E-state index is -0.944. The van der Waals surface area contributed by atoms with E-state index in [1.807, 2.05) is 36.4 Å². The molecule has 0 unspecified atom stereocenters. The quantitative estimate of drug-likeness (QED) is 0.645. The summed E-state index contributed by atoms with van der Waals surface area (Å²) in [5.74, 6) is -0.827. The number of nitrogens with one attached hydrogen (secondary N) is 1. The van der Waals surface area contributed by atoms with Crippen LogP contribution >= 0.6 is 11.8 Å². The van der Waals surface area contributed by atoms with E-state index in [-0.39, 0.29) is 5.75 Å². The van der Waals surface area contributed by atoms with Gasteiger partial charge >= 0.3 is 5.97 Å². The Balaban J connectivity index is 1.85. The predicted octanol–water partition coefficient (Wildman–Crippen LogP) is 3.22. The van der Waals surface area contributed by atoms with Crippen LogP contribution in [0.2, 0.25) is 0 Å². The second kappa shape index (κ2) is 8.75. The van der Waals surface area contributed by atoms with Crippen LogP contribution in [0.15, 0.2) is 59.5 Å². The number of ether oxygens (including phenoxy) is 1. The molecule has 5 nitrogen and oxygen atoms in total. The Kier molecular flexibility index (Phi) is 6.41. The first-order valence-electron chi connectivity index (χ1n) is 7.27. The zero-order chi connectivity index (χ0) is 17.4. The fourth-order valence-corrected chi connectivity index (χ4v) is 2.57. The highest BCUT2D eigenvalue weighted by Gasteiger charge is 2.19. The third-order valence-electron chi connectivity index (χ3n) is 3.08. The molecule has 0 saturated carbocycles. The summed E-state index contributed by atoms with van der Waals surface area (Å²) in [6.45, 7) is 1.50. The number of benzene rings is 2. The first-order valence-corrected chi connectivity index (χ1v) is 8.26. The second-order valence-corrected chi connectivity index (χ2v) is 5.93. The number of anilines is 1. The summed E-state index contributed by atoms with van der Waals surface area (Å²) in [4.78, 5) is 24.9. The van der Waals surface area contributed by atoms with Gasteiger partial charge in [-0.25, -0.2) is 0 Å². The molecule has 0 fully saturated rings. The molecule has 2 aromatic rings. The van der Waals surface area contributed by atoms with Gasteiger partial charge in [-0.15, -0.1) is 11.8 Å². The Labute approximate surface area is 144 Å². The molecular formula is C18H16N2O3S. The predicted molar refractivity (Wildman–Crippen MR) is 92.5 cm³/mol. The molecule has 0 spiro atoms. The van der Waals surface area contributed by atoms with Crippen molar-refractivity contribution in [3.63, 3.8) is 0 Å². The van der Waals surface area contributed by atoms with Crippen LogP contribution in [0.1, 0.15) is 12.5 Å². The molecule has 1 atom stereocenters. The normalized spacial score (nSPS) is 11.2. The number of esters is 1. The summed E-state index contributed by atoms with van der Waals surface area (Å²) in [6.07, 6.45) is -0.944. The van der Waals surface area contributed by atoms with E-state index in [1.165, 1.54) is 18.7 Å². The summed E-state index contributed by atoms with van der Waals surface area (Å²) in [5, 5.41) is 11.6. The molecule has 0 aliphatic rings. The van der Waals surface area contributed by atoms with Crippen molar-refractivity contribution in [2.24, 2.45) is 0 Å². The Hall–Kier alpha value is -2.78. The van der Waals surface area contributed by atoms with E-state index in [0.29, 0.717) is 11.3 Å². The number of rotatable bonds is 6. The Morgan fingerprint density at radius 2 is 1.83 bits per heavy atom. The fraction of sp³-hybridized carbons (Fsp3) is 0.167. The van der Waals surface area contributed by atoms with E-state index < -0.39 is 18.0 Å². The lowest BCUT2D eigenvalue weighted by Crippen LogP contribution is -2.30. The van der Waals surface area contributed by atoms with Gasteiger partial charge in [-0.1, -0.05) is 30.3 Å². The molecule has 0 aliphatic carbocycles. The van der Waals surface area contributed by atoms with Gasteiger partial charge in [-0.2, -0.15) is 5.26 Å². The van der Waals surface area contributed by atoms with Crippen molar-refractivity contribution >= 4 is 29.3 Å². The summed E-state index contributed by atoms with van der Waals surface area (Å²) >= 11 is 1.34. The van der Waals surface area contributed by atoms with Gasteiger partial charge < -0.3 is 10.1 Å². The molecule has 6 heteroatoms. The number of nitriles is 1. The summed E-state index contributed by atoms with van der Waals surface area (Å²) in [7, 11) is 0. The molecule has 122 valence electrons. The van der Waals surface area contributed by atoms with Crippen molar-refractivity contribution in [3.05, 3.63) is 60.2 Å². The van der Waals surface area contributed by atoms with Gasteiger partial charge in [-0.05, 0) is 31.2 Å². The lowest BCUT2D eigenvalue weighted by Gasteiger charge is -2.14. The maximum absolute atomic E-state index is 12.1. The molecule has 2 rings (SSSR count). The zero-order valence-corrected chi connectivity index (χ0v) is 13.9. The van der Waals surface area contributed by atoms with Gasteiger partial charge in [-0.3, -0.25) is 9.59 Å². The average molecular weight is 340 g/mol. The van der Waals surface area contributed by atoms with Crippen LogP contribution in [0.5, 0.6) is 0 Å². The topological polar surface area (TPSA) is 79.2 Å². The summed E-state index contributed by atoms with van der Waals surface area (Å²) < 4.78 is 5.12. The van der Waals surface area contributed by atoms with Crippen LogP contribution in [0.3, 0.4) is 0 Å². The van der Waals surface area contributed by atoms with E-state index in [1.54, 1.807) is 24.3 Å². The lowest BCUT2D eigenvalue weighted by molar-refractivity contribution is -0.150. The summed E-state index contributed by atoms with van der Waals surface area (Å²) in [6, 6.07) is 18.1. The average Bonchev–Trinajstić information content (AvgIpc) is 2.61. The fourth-order valence-electron chi connectivity index (χ4n) is 1.87. The van der Waals surface area contributed by atoms with E-state index in [9.17, 15) is 9.59 Å². The maximum atomic E-state index is 12.1.